The Bertz CT molecular complexity index is 1390. The van der Waals surface area contributed by atoms with Crippen LogP contribution >= 0.6 is 0 Å². The van der Waals surface area contributed by atoms with Crippen LogP contribution in [0, 0.1) is 13.8 Å². The zero-order valence-electron chi connectivity index (χ0n) is 19.5. The average Bonchev–Trinajstić information content (AvgIpc) is 3.32. The van der Waals surface area contributed by atoms with Gasteiger partial charge >= 0.3 is 12.1 Å². The summed E-state index contributed by atoms with van der Waals surface area (Å²) < 4.78 is 7.36. The van der Waals surface area contributed by atoms with Crippen molar-refractivity contribution in [2.75, 3.05) is 11.9 Å². The molecule has 0 atom stereocenters. The number of carbonyl (C=O) groups excluding carboxylic acids is 1. The van der Waals surface area contributed by atoms with Crippen LogP contribution in [0.3, 0.4) is 0 Å². The summed E-state index contributed by atoms with van der Waals surface area (Å²) in [5.74, 6) is -1.01. The molecule has 2 N–H and O–H groups in total. The predicted octanol–water partition coefficient (Wildman–Crippen LogP) is 5.61. The van der Waals surface area contributed by atoms with E-state index in [0.717, 1.165) is 16.8 Å². The largest absolute Gasteiger partial charge is 0.478 e. The Morgan fingerprint density at radius 1 is 0.943 bits per heavy atom. The molecule has 0 bridgehead atoms. The van der Waals surface area contributed by atoms with E-state index >= 15 is 0 Å². The number of carboxylic acid groups (broad SMARTS) is 1. The summed E-state index contributed by atoms with van der Waals surface area (Å²) >= 11 is 0. The molecule has 1 amide bonds. The van der Waals surface area contributed by atoms with Gasteiger partial charge in [-0.25, -0.2) is 9.59 Å². The fourth-order valence-electron chi connectivity index (χ4n) is 4.80. The van der Waals surface area contributed by atoms with Crippen LogP contribution in [0.1, 0.15) is 44.4 Å². The van der Waals surface area contributed by atoms with Gasteiger partial charge in [-0.15, -0.1) is 0 Å². The molecule has 0 radical (unpaired) electrons. The van der Waals surface area contributed by atoms with Crippen LogP contribution in [-0.2, 0) is 11.3 Å². The van der Waals surface area contributed by atoms with E-state index in [4.69, 9.17) is 4.74 Å². The zero-order chi connectivity index (χ0) is 24.5. The van der Waals surface area contributed by atoms with Gasteiger partial charge in [-0.1, -0.05) is 66.7 Å². The van der Waals surface area contributed by atoms with E-state index in [0.29, 0.717) is 16.9 Å². The summed E-state index contributed by atoms with van der Waals surface area (Å²) in [6.07, 6.45) is -0.552. The number of rotatable bonds is 6. The van der Waals surface area contributed by atoms with Gasteiger partial charge < -0.3 is 9.84 Å². The number of hydrogen-bond acceptors (Lipinski definition) is 4. The number of carboxylic acids is 1. The van der Waals surface area contributed by atoms with Gasteiger partial charge in [0.05, 0.1) is 29.2 Å². The molecule has 5 rings (SSSR count). The van der Waals surface area contributed by atoms with Crippen molar-refractivity contribution >= 4 is 17.7 Å². The molecule has 0 aliphatic heterocycles. The predicted molar refractivity (Wildman–Crippen MR) is 133 cm³/mol. The molecule has 7 nitrogen and oxygen atoms in total. The van der Waals surface area contributed by atoms with Gasteiger partial charge in [0, 0.05) is 5.92 Å². The summed E-state index contributed by atoms with van der Waals surface area (Å²) in [7, 11) is 0. The third-order valence-electron chi connectivity index (χ3n) is 6.52. The smallest absolute Gasteiger partial charge is 0.411 e. The molecule has 7 heteroatoms. The van der Waals surface area contributed by atoms with Crippen LogP contribution in [0.25, 0.3) is 11.1 Å². The molecule has 1 aliphatic rings. The lowest BCUT2D eigenvalue weighted by Gasteiger charge is -2.15. The lowest BCUT2D eigenvalue weighted by Crippen LogP contribution is -2.18. The summed E-state index contributed by atoms with van der Waals surface area (Å²) in [5, 5.41) is 16.8. The fourth-order valence-corrected chi connectivity index (χ4v) is 4.80. The van der Waals surface area contributed by atoms with Gasteiger partial charge in [0.2, 0.25) is 0 Å². The second kappa shape index (κ2) is 9.10. The van der Waals surface area contributed by atoms with E-state index in [1.54, 1.807) is 35.9 Å². The van der Waals surface area contributed by atoms with E-state index < -0.39 is 12.1 Å². The van der Waals surface area contributed by atoms with Gasteiger partial charge in [0.15, 0.2) is 0 Å². The van der Waals surface area contributed by atoms with Crippen molar-refractivity contribution in [1.29, 1.82) is 0 Å². The molecule has 0 saturated carbocycles. The monoisotopic (exact) mass is 467 g/mol. The summed E-state index contributed by atoms with van der Waals surface area (Å²) in [5.41, 5.74) is 7.43. The Balaban J connectivity index is 1.30. The second-order valence-electron chi connectivity index (χ2n) is 8.62. The number of aromatic nitrogens is 2. The van der Waals surface area contributed by atoms with E-state index in [1.807, 2.05) is 31.2 Å². The van der Waals surface area contributed by atoms with Crippen molar-refractivity contribution in [2.45, 2.75) is 26.3 Å². The Hall–Kier alpha value is -4.39. The maximum absolute atomic E-state index is 12.8. The third-order valence-corrected chi connectivity index (χ3v) is 6.52. The molecule has 1 aromatic heterocycles. The second-order valence-corrected chi connectivity index (χ2v) is 8.62. The highest BCUT2D eigenvalue weighted by atomic mass is 16.5. The fraction of sp³-hybridized carbons (Fsp3) is 0.179. The molecule has 0 unspecified atom stereocenters. The number of anilines is 1. The van der Waals surface area contributed by atoms with Gasteiger partial charge in [-0.2, -0.15) is 5.10 Å². The van der Waals surface area contributed by atoms with Gasteiger partial charge in [0.25, 0.3) is 0 Å². The molecule has 0 fully saturated rings. The zero-order valence-corrected chi connectivity index (χ0v) is 19.5. The molecule has 0 spiro atoms. The number of nitrogens with zero attached hydrogens (tertiary/aromatic N) is 2. The van der Waals surface area contributed by atoms with Crippen molar-refractivity contribution in [3.63, 3.8) is 0 Å². The van der Waals surface area contributed by atoms with Crippen LogP contribution in [0.5, 0.6) is 0 Å². The Kier molecular flexibility index (Phi) is 5.82. The van der Waals surface area contributed by atoms with E-state index in [-0.39, 0.29) is 24.6 Å². The number of fused-ring (bicyclic) bond motifs is 3. The number of aryl methyl sites for hydroxylation is 1. The van der Waals surface area contributed by atoms with Crippen LogP contribution in [0.15, 0.2) is 72.8 Å². The molecular formula is C28H25N3O4. The number of hydrogen-bond donors (Lipinski definition) is 2. The normalized spacial score (nSPS) is 12.2. The average molecular weight is 468 g/mol. The van der Waals surface area contributed by atoms with Crippen molar-refractivity contribution < 1.29 is 19.4 Å². The lowest BCUT2D eigenvalue weighted by molar-refractivity contribution is 0.0695. The van der Waals surface area contributed by atoms with Crippen molar-refractivity contribution in [3.05, 3.63) is 106 Å². The molecule has 4 aromatic rings. The SMILES string of the molecule is Cc1nn(Cc2ccccc2C(=O)O)c(C)c1NC(=O)OCC1c2ccccc2-c2ccccc21. The molecular weight excluding hydrogens is 442 g/mol. The summed E-state index contributed by atoms with van der Waals surface area (Å²) in [6, 6.07) is 23.2. The number of benzene rings is 3. The number of amides is 1. The number of ether oxygens (including phenoxy) is 1. The van der Waals surface area contributed by atoms with Crippen LogP contribution in [0.2, 0.25) is 0 Å². The van der Waals surface area contributed by atoms with Crippen LogP contribution in [-0.4, -0.2) is 33.6 Å². The Morgan fingerprint density at radius 2 is 1.54 bits per heavy atom. The standard InChI is InChI=1S/C28H25N3O4/c1-17-26(18(2)31(30-17)15-19-9-3-4-10-20(19)27(32)33)29-28(34)35-16-25-23-13-7-5-11-21(23)22-12-6-8-14-24(22)25/h3-14,25H,15-16H2,1-2H3,(H,29,34)(H,32,33). The first-order chi connectivity index (χ1) is 16.9. The minimum atomic E-state index is -0.987. The molecule has 0 saturated heterocycles. The van der Waals surface area contributed by atoms with Gasteiger partial charge in [-0.05, 0) is 47.7 Å². The minimum absolute atomic E-state index is 0.0226. The first-order valence-corrected chi connectivity index (χ1v) is 11.4. The first-order valence-electron chi connectivity index (χ1n) is 11.4. The molecule has 35 heavy (non-hydrogen) atoms. The van der Waals surface area contributed by atoms with E-state index in [1.165, 1.54) is 11.1 Å². The number of carbonyl (C=O) groups is 2. The minimum Gasteiger partial charge on any atom is -0.478 e. The van der Waals surface area contributed by atoms with Crippen LogP contribution < -0.4 is 5.32 Å². The molecule has 176 valence electrons. The number of nitrogens with one attached hydrogen (secondary N) is 1. The summed E-state index contributed by atoms with van der Waals surface area (Å²) in [6.45, 7) is 4.13. The maximum atomic E-state index is 12.8. The van der Waals surface area contributed by atoms with E-state index in [2.05, 4.69) is 34.7 Å². The quantitative estimate of drug-likeness (QED) is 0.385. The number of aromatic carboxylic acids is 1. The van der Waals surface area contributed by atoms with Gasteiger partial charge in [0.1, 0.15) is 6.61 Å². The third kappa shape index (κ3) is 4.17. The van der Waals surface area contributed by atoms with Crippen molar-refractivity contribution in [1.82, 2.24) is 9.78 Å². The van der Waals surface area contributed by atoms with E-state index in [9.17, 15) is 14.7 Å². The molecule has 3 aromatic carbocycles. The van der Waals surface area contributed by atoms with Gasteiger partial charge in [-0.3, -0.25) is 10.00 Å². The maximum Gasteiger partial charge on any atom is 0.411 e. The summed E-state index contributed by atoms with van der Waals surface area (Å²) in [4.78, 5) is 24.3. The highest BCUT2D eigenvalue weighted by Crippen LogP contribution is 2.44. The topological polar surface area (TPSA) is 93.5 Å². The first kappa shape index (κ1) is 22.4. The van der Waals surface area contributed by atoms with Crippen molar-refractivity contribution in [2.24, 2.45) is 0 Å². The van der Waals surface area contributed by atoms with Crippen LogP contribution in [0.4, 0.5) is 10.5 Å². The molecule has 1 aliphatic carbocycles. The lowest BCUT2D eigenvalue weighted by atomic mass is 9.98. The van der Waals surface area contributed by atoms with Crippen molar-refractivity contribution in [3.8, 4) is 11.1 Å². The highest BCUT2D eigenvalue weighted by Gasteiger charge is 2.29. The Labute approximate surface area is 203 Å². The Morgan fingerprint density at radius 3 is 2.20 bits per heavy atom. The highest BCUT2D eigenvalue weighted by molar-refractivity contribution is 5.89. The molecule has 1 heterocycles.